The van der Waals surface area contributed by atoms with E-state index < -0.39 is 0 Å². The summed E-state index contributed by atoms with van der Waals surface area (Å²) in [5, 5.41) is 3.64. The molecule has 0 aromatic carbocycles. The maximum atomic E-state index is 5.57. The molecule has 2 atom stereocenters. The second-order valence-electron chi connectivity index (χ2n) is 5.07. The van der Waals surface area contributed by atoms with Crippen molar-refractivity contribution in [2.45, 2.75) is 38.3 Å². The minimum Gasteiger partial charge on any atom is -0.476 e. The Hall–Kier alpha value is -1.29. The van der Waals surface area contributed by atoms with E-state index in [1.54, 1.807) is 6.20 Å². The van der Waals surface area contributed by atoms with Crippen LogP contribution in [-0.4, -0.2) is 41.7 Å². The fraction of sp³-hybridized carbons (Fsp3) is 0.643. The van der Waals surface area contributed by atoms with E-state index in [1.165, 1.54) is 32.4 Å². The monoisotopic (exact) mass is 247 g/mol. The largest absolute Gasteiger partial charge is 0.476 e. The van der Waals surface area contributed by atoms with Crippen LogP contribution in [0.2, 0.25) is 0 Å². The lowest BCUT2D eigenvalue weighted by Crippen LogP contribution is -2.33. The third-order valence-electron chi connectivity index (χ3n) is 4.00. The van der Waals surface area contributed by atoms with Gasteiger partial charge in [0.05, 0.1) is 12.3 Å². The van der Waals surface area contributed by atoms with Gasteiger partial charge in [-0.25, -0.2) is 4.98 Å². The van der Waals surface area contributed by atoms with Crippen molar-refractivity contribution in [1.29, 1.82) is 0 Å². The van der Waals surface area contributed by atoms with Crippen LogP contribution in [0, 0.1) is 0 Å². The van der Waals surface area contributed by atoms with Crippen LogP contribution in [0.15, 0.2) is 18.3 Å². The highest BCUT2D eigenvalue weighted by Crippen LogP contribution is 2.31. The second kappa shape index (κ2) is 5.14. The van der Waals surface area contributed by atoms with E-state index in [4.69, 9.17) is 4.74 Å². The first kappa shape index (κ1) is 11.8. The standard InChI is InChI=1S/C14H21N3O/c1-2-18-14-12(5-3-8-15-14)16-11-7-10-17-9-4-6-13(11)17/h3,5,8,11,13,16H,2,4,6-7,9-10H2,1H3. The Morgan fingerprint density at radius 1 is 1.44 bits per heavy atom. The van der Waals surface area contributed by atoms with Gasteiger partial charge in [0.25, 0.3) is 0 Å². The lowest BCUT2D eigenvalue weighted by molar-refractivity contribution is 0.316. The molecule has 0 bridgehead atoms. The van der Waals surface area contributed by atoms with Crippen LogP contribution in [0.3, 0.4) is 0 Å². The van der Waals surface area contributed by atoms with Gasteiger partial charge >= 0.3 is 0 Å². The Morgan fingerprint density at radius 3 is 3.28 bits per heavy atom. The maximum absolute atomic E-state index is 5.57. The number of ether oxygens (including phenoxy) is 1. The van der Waals surface area contributed by atoms with Crippen LogP contribution < -0.4 is 10.1 Å². The van der Waals surface area contributed by atoms with Gasteiger partial charge in [0.1, 0.15) is 0 Å². The number of aromatic nitrogens is 1. The van der Waals surface area contributed by atoms with E-state index in [1.807, 2.05) is 13.0 Å². The summed E-state index contributed by atoms with van der Waals surface area (Å²) < 4.78 is 5.57. The van der Waals surface area contributed by atoms with Gasteiger partial charge in [0.15, 0.2) is 0 Å². The molecule has 2 aliphatic rings. The molecule has 0 aliphatic carbocycles. The summed E-state index contributed by atoms with van der Waals surface area (Å²) in [4.78, 5) is 6.90. The van der Waals surface area contributed by atoms with Crippen molar-refractivity contribution in [3.05, 3.63) is 18.3 Å². The van der Waals surface area contributed by atoms with Crippen molar-refractivity contribution < 1.29 is 4.74 Å². The van der Waals surface area contributed by atoms with E-state index in [0.29, 0.717) is 18.7 Å². The molecule has 4 nitrogen and oxygen atoms in total. The van der Waals surface area contributed by atoms with Crippen LogP contribution >= 0.6 is 0 Å². The van der Waals surface area contributed by atoms with Crippen molar-refractivity contribution in [3.8, 4) is 5.88 Å². The number of nitrogens with one attached hydrogen (secondary N) is 1. The summed E-state index contributed by atoms with van der Waals surface area (Å²) in [6.07, 6.45) is 5.67. The lowest BCUT2D eigenvalue weighted by Gasteiger charge is -2.23. The number of nitrogens with zero attached hydrogens (tertiary/aromatic N) is 2. The summed E-state index contributed by atoms with van der Waals surface area (Å²) in [6, 6.07) is 5.29. The molecule has 1 N–H and O–H groups in total. The highest BCUT2D eigenvalue weighted by Gasteiger charge is 2.37. The fourth-order valence-electron chi connectivity index (χ4n) is 3.20. The molecular formula is C14H21N3O. The molecule has 98 valence electrons. The summed E-state index contributed by atoms with van der Waals surface area (Å²) in [7, 11) is 0. The zero-order valence-electron chi connectivity index (χ0n) is 10.9. The predicted octanol–water partition coefficient (Wildman–Crippen LogP) is 2.13. The van der Waals surface area contributed by atoms with Crippen molar-refractivity contribution in [2.75, 3.05) is 25.0 Å². The Morgan fingerprint density at radius 2 is 2.39 bits per heavy atom. The third-order valence-corrected chi connectivity index (χ3v) is 4.00. The first-order valence-corrected chi connectivity index (χ1v) is 6.97. The van der Waals surface area contributed by atoms with Gasteiger partial charge in [-0.3, -0.25) is 4.90 Å². The van der Waals surface area contributed by atoms with E-state index in [-0.39, 0.29) is 0 Å². The highest BCUT2D eigenvalue weighted by atomic mass is 16.5. The van der Waals surface area contributed by atoms with Crippen LogP contribution in [0.25, 0.3) is 0 Å². The van der Waals surface area contributed by atoms with Crippen molar-refractivity contribution >= 4 is 5.69 Å². The Bertz CT molecular complexity index is 410. The van der Waals surface area contributed by atoms with Gasteiger partial charge in [-0.05, 0) is 44.9 Å². The average molecular weight is 247 g/mol. The molecule has 1 aromatic heterocycles. The molecular weight excluding hydrogens is 226 g/mol. The van der Waals surface area contributed by atoms with E-state index in [0.717, 1.165) is 11.6 Å². The number of hydrogen-bond donors (Lipinski definition) is 1. The zero-order chi connectivity index (χ0) is 12.4. The van der Waals surface area contributed by atoms with Crippen LogP contribution in [0.4, 0.5) is 5.69 Å². The quantitative estimate of drug-likeness (QED) is 0.884. The molecule has 18 heavy (non-hydrogen) atoms. The topological polar surface area (TPSA) is 37.4 Å². The minimum absolute atomic E-state index is 0.552. The van der Waals surface area contributed by atoms with Gasteiger partial charge in [-0.1, -0.05) is 0 Å². The third kappa shape index (κ3) is 2.17. The first-order valence-electron chi connectivity index (χ1n) is 6.97. The van der Waals surface area contributed by atoms with Crippen molar-refractivity contribution in [3.63, 3.8) is 0 Å². The van der Waals surface area contributed by atoms with Gasteiger partial charge < -0.3 is 10.1 Å². The number of rotatable bonds is 4. The van der Waals surface area contributed by atoms with Gasteiger partial charge in [0, 0.05) is 24.8 Å². The number of fused-ring (bicyclic) bond motifs is 1. The molecule has 2 aliphatic heterocycles. The maximum Gasteiger partial charge on any atom is 0.237 e. The van der Waals surface area contributed by atoms with Crippen molar-refractivity contribution in [1.82, 2.24) is 9.88 Å². The fourth-order valence-corrected chi connectivity index (χ4v) is 3.20. The Labute approximate surface area is 108 Å². The van der Waals surface area contributed by atoms with Crippen LogP contribution in [-0.2, 0) is 0 Å². The zero-order valence-corrected chi connectivity index (χ0v) is 10.9. The van der Waals surface area contributed by atoms with Crippen LogP contribution in [0.5, 0.6) is 5.88 Å². The molecule has 0 saturated carbocycles. The van der Waals surface area contributed by atoms with Gasteiger partial charge in [0.2, 0.25) is 5.88 Å². The molecule has 1 aromatic rings. The molecule has 0 spiro atoms. The van der Waals surface area contributed by atoms with E-state index in [9.17, 15) is 0 Å². The Kier molecular flexibility index (Phi) is 3.37. The van der Waals surface area contributed by atoms with E-state index in [2.05, 4.69) is 21.3 Å². The van der Waals surface area contributed by atoms with Crippen molar-refractivity contribution in [2.24, 2.45) is 0 Å². The summed E-state index contributed by atoms with van der Waals surface area (Å²) in [5.74, 6) is 0.733. The van der Waals surface area contributed by atoms with Gasteiger partial charge in [-0.2, -0.15) is 0 Å². The summed E-state index contributed by atoms with van der Waals surface area (Å²) >= 11 is 0. The normalized spacial score (nSPS) is 27.2. The first-order chi connectivity index (χ1) is 8.88. The number of pyridine rings is 1. The SMILES string of the molecule is CCOc1ncccc1NC1CCN2CCCC12. The lowest BCUT2D eigenvalue weighted by atomic mass is 10.1. The molecule has 4 heteroatoms. The molecule has 0 radical (unpaired) electrons. The summed E-state index contributed by atoms with van der Waals surface area (Å²) in [5.41, 5.74) is 1.04. The molecule has 3 rings (SSSR count). The second-order valence-corrected chi connectivity index (χ2v) is 5.07. The Balaban J connectivity index is 1.72. The molecule has 2 saturated heterocycles. The predicted molar refractivity (Wildman–Crippen MR) is 72.0 cm³/mol. The molecule has 2 unspecified atom stereocenters. The molecule has 2 fully saturated rings. The number of hydrogen-bond acceptors (Lipinski definition) is 4. The average Bonchev–Trinajstić information content (AvgIpc) is 2.97. The smallest absolute Gasteiger partial charge is 0.237 e. The summed E-state index contributed by atoms with van der Waals surface area (Å²) in [6.45, 7) is 5.15. The molecule has 3 heterocycles. The minimum atomic E-state index is 0.552. The number of anilines is 1. The van der Waals surface area contributed by atoms with Gasteiger partial charge in [-0.15, -0.1) is 0 Å². The highest BCUT2D eigenvalue weighted by molar-refractivity contribution is 5.53. The van der Waals surface area contributed by atoms with Crippen LogP contribution in [0.1, 0.15) is 26.2 Å². The van der Waals surface area contributed by atoms with E-state index >= 15 is 0 Å². The molecule has 0 amide bonds.